The number of phosphoric ester groups is 2. The lowest BCUT2D eigenvalue weighted by molar-refractivity contribution is -0.161. The fraction of sp³-hybridized carbons (Fsp3) is 0.818. The second-order valence-corrected chi connectivity index (χ2v) is 28.9. The lowest BCUT2D eigenvalue weighted by Crippen LogP contribution is -2.30. The number of allylic oxidation sites excluding steroid dienone is 10. The summed E-state index contributed by atoms with van der Waals surface area (Å²) in [5, 5.41) is 10.6. The Labute approximate surface area is 584 Å². The maximum Gasteiger partial charge on any atom is 0.472 e. The zero-order valence-corrected chi connectivity index (χ0v) is 62.8. The van der Waals surface area contributed by atoms with Crippen LogP contribution in [-0.2, 0) is 65.4 Å². The molecule has 0 rings (SSSR count). The summed E-state index contributed by atoms with van der Waals surface area (Å²) in [6.07, 6.45) is 67.8. The SMILES string of the molecule is CCCC/C=C\CCCCCCCC(=O)OCC(COP(=O)(O)OCC(O)COP(=O)(O)OCC(COC(=O)CCCCCCCC/C=C\C/C=C\C/C=C\CCCCC)OC(=O)CCCCCCC/C=C\CCCCCCCC)OC(=O)CCCCCCCCCCCCC. The molecule has 0 spiro atoms. The van der Waals surface area contributed by atoms with Crippen LogP contribution in [0, 0.1) is 0 Å². The standard InChI is InChI=1S/C77H140O17P2/c1-5-9-13-17-21-25-29-31-33-34-35-36-38-39-43-46-50-54-58-62-75(80)88-68-73(94-77(82)64-60-56-52-48-44-40-37-32-30-26-22-18-14-10-6-2)70-92-96(85,86)90-66-71(78)65-89-95(83,84)91-69-72(93-76(81)63-59-55-51-47-42-28-24-20-16-12-8-4)67-87-74(79)61-57-53-49-45-41-27-23-19-15-11-7-3/h19,21,23,25,31-33,35-37,71-73,78H,5-18,20,22,24,26-30,34,38-70H2,1-4H3,(H,83,84)(H,85,86)/b23-19-,25-21-,33-31-,36-35-,37-32-. The minimum absolute atomic E-state index is 0.0857. The van der Waals surface area contributed by atoms with Crippen LogP contribution in [0.2, 0.25) is 0 Å². The molecule has 0 aliphatic heterocycles. The van der Waals surface area contributed by atoms with Crippen molar-refractivity contribution >= 4 is 39.5 Å². The van der Waals surface area contributed by atoms with Gasteiger partial charge in [0.2, 0.25) is 0 Å². The van der Waals surface area contributed by atoms with Crippen LogP contribution in [0.1, 0.15) is 349 Å². The first-order chi connectivity index (χ1) is 46.7. The molecule has 0 radical (unpaired) electrons. The molecule has 96 heavy (non-hydrogen) atoms. The molecule has 0 aliphatic rings. The van der Waals surface area contributed by atoms with E-state index in [1.807, 2.05) is 0 Å². The van der Waals surface area contributed by atoms with E-state index >= 15 is 0 Å². The maximum atomic E-state index is 13.1. The van der Waals surface area contributed by atoms with E-state index in [2.05, 4.69) is 88.5 Å². The third kappa shape index (κ3) is 69.2. The summed E-state index contributed by atoms with van der Waals surface area (Å²) in [5.74, 6) is -2.18. The van der Waals surface area contributed by atoms with Crippen LogP contribution in [0.5, 0.6) is 0 Å². The lowest BCUT2D eigenvalue weighted by Gasteiger charge is -2.21. The van der Waals surface area contributed by atoms with E-state index in [4.69, 9.17) is 37.0 Å². The Kier molecular flexibility index (Phi) is 67.8. The largest absolute Gasteiger partial charge is 0.472 e. The van der Waals surface area contributed by atoms with Crippen LogP contribution in [-0.4, -0.2) is 96.7 Å². The van der Waals surface area contributed by atoms with Gasteiger partial charge in [-0.25, -0.2) is 9.13 Å². The molecule has 3 N–H and O–H groups in total. The van der Waals surface area contributed by atoms with Crippen molar-refractivity contribution in [1.29, 1.82) is 0 Å². The Bertz CT molecular complexity index is 2060. The van der Waals surface area contributed by atoms with E-state index in [1.54, 1.807) is 0 Å². The summed E-state index contributed by atoms with van der Waals surface area (Å²) in [6.45, 7) is 4.81. The Balaban J connectivity index is 5.30. The minimum Gasteiger partial charge on any atom is -0.462 e. The third-order valence-corrected chi connectivity index (χ3v) is 18.4. The van der Waals surface area contributed by atoms with Crippen molar-refractivity contribution in [3.05, 3.63) is 60.8 Å². The van der Waals surface area contributed by atoms with Crippen molar-refractivity contribution < 1.29 is 80.2 Å². The van der Waals surface area contributed by atoms with E-state index in [0.717, 1.165) is 161 Å². The number of hydrogen-bond acceptors (Lipinski definition) is 15. The average Bonchev–Trinajstić information content (AvgIpc) is 1.17. The predicted octanol–water partition coefficient (Wildman–Crippen LogP) is 21.9. The van der Waals surface area contributed by atoms with Gasteiger partial charge in [0.05, 0.1) is 26.4 Å². The predicted molar refractivity (Wildman–Crippen MR) is 390 cm³/mol. The maximum absolute atomic E-state index is 13.1. The molecule has 0 bridgehead atoms. The molecule has 0 amide bonds. The molecule has 560 valence electrons. The number of unbranched alkanes of at least 4 members (excludes halogenated alkanes) is 37. The van der Waals surface area contributed by atoms with Gasteiger partial charge in [-0.15, -0.1) is 0 Å². The molecule has 0 saturated carbocycles. The number of hydrogen-bond donors (Lipinski definition) is 3. The summed E-state index contributed by atoms with van der Waals surface area (Å²) in [6, 6.07) is 0. The van der Waals surface area contributed by atoms with E-state index in [9.17, 15) is 43.2 Å². The molecule has 0 aliphatic carbocycles. The number of aliphatic hydroxyl groups is 1. The number of carbonyl (C=O) groups excluding carboxylic acids is 4. The van der Waals surface area contributed by atoms with Gasteiger partial charge in [-0.1, -0.05) is 275 Å². The zero-order valence-electron chi connectivity index (χ0n) is 61.1. The van der Waals surface area contributed by atoms with E-state index in [1.165, 1.54) is 109 Å². The number of phosphoric acid groups is 2. The highest BCUT2D eigenvalue weighted by molar-refractivity contribution is 7.47. The van der Waals surface area contributed by atoms with Gasteiger partial charge in [0.15, 0.2) is 12.2 Å². The van der Waals surface area contributed by atoms with Crippen LogP contribution in [0.25, 0.3) is 0 Å². The van der Waals surface area contributed by atoms with Crippen molar-refractivity contribution in [2.45, 2.75) is 367 Å². The van der Waals surface area contributed by atoms with Gasteiger partial charge in [-0.2, -0.15) is 0 Å². The number of esters is 4. The molecular formula is C77H140O17P2. The first-order valence-electron chi connectivity index (χ1n) is 38.5. The number of carbonyl (C=O) groups is 4. The van der Waals surface area contributed by atoms with Gasteiger partial charge in [-0.3, -0.25) is 37.3 Å². The van der Waals surface area contributed by atoms with Gasteiger partial charge < -0.3 is 33.8 Å². The van der Waals surface area contributed by atoms with Crippen LogP contribution in [0.3, 0.4) is 0 Å². The van der Waals surface area contributed by atoms with Crippen molar-refractivity contribution in [1.82, 2.24) is 0 Å². The van der Waals surface area contributed by atoms with E-state index in [0.29, 0.717) is 25.7 Å². The molecule has 0 aromatic rings. The van der Waals surface area contributed by atoms with E-state index in [-0.39, 0.29) is 25.7 Å². The number of aliphatic hydroxyl groups excluding tert-OH is 1. The smallest absolute Gasteiger partial charge is 0.462 e. The minimum atomic E-state index is -4.97. The van der Waals surface area contributed by atoms with Gasteiger partial charge in [0, 0.05) is 25.7 Å². The number of rotatable bonds is 73. The zero-order chi connectivity index (χ0) is 70.4. The summed E-state index contributed by atoms with van der Waals surface area (Å²) in [5.41, 5.74) is 0. The topological polar surface area (TPSA) is 237 Å². The third-order valence-electron chi connectivity index (χ3n) is 16.5. The Morgan fingerprint density at radius 1 is 0.292 bits per heavy atom. The molecule has 5 atom stereocenters. The summed E-state index contributed by atoms with van der Waals surface area (Å²) < 4.78 is 68.4. The molecule has 19 heteroatoms. The molecule has 0 aromatic heterocycles. The Morgan fingerprint density at radius 3 is 0.844 bits per heavy atom. The van der Waals surface area contributed by atoms with Crippen molar-refractivity contribution in [3.63, 3.8) is 0 Å². The fourth-order valence-electron chi connectivity index (χ4n) is 10.5. The number of ether oxygens (including phenoxy) is 4. The molecule has 0 aromatic carbocycles. The highest BCUT2D eigenvalue weighted by Crippen LogP contribution is 2.45. The Hall–Kier alpha value is -3.24. The lowest BCUT2D eigenvalue weighted by atomic mass is 10.1. The van der Waals surface area contributed by atoms with Gasteiger partial charge in [0.1, 0.15) is 19.3 Å². The van der Waals surface area contributed by atoms with Crippen molar-refractivity contribution in [2.75, 3.05) is 39.6 Å². The van der Waals surface area contributed by atoms with Gasteiger partial charge in [0.25, 0.3) is 0 Å². The van der Waals surface area contributed by atoms with E-state index < -0.39 is 97.5 Å². The first kappa shape index (κ1) is 92.8. The average molecular weight is 1400 g/mol. The fourth-order valence-corrected chi connectivity index (χ4v) is 12.1. The van der Waals surface area contributed by atoms with Gasteiger partial charge in [-0.05, 0) is 109 Å². The molecule has 5 unspecified atom stereocenters. The second-order valence-electron chi connectivity index (χ2n) is 25.9. The second kappa shape index (κ2) is 70.2. The van der Waals surface area contributed by atoms with Crippen LogP contribution in [0.15, 0.2) is 60.8 Å². The molecule has 0 saturated heterocycles. The van der Waals surface area contributed by atoms with Crippen LogP contribution < -0.4 is 0 Å². The van der Waals surface area contributed by atoms with Crippen LogP contribution >= 0.6 is 15.6 Å². The van der Waals surface area contributed by atoms with Gasteiger partial charge >= 0.3 is 39.5 Å². The summed E-state index contributed by atoms with van der Waals surface area (Å²) >= 11 is 0. The van der Waals surface area contributed by atoms with Crippen molar-refractivity contribution in [2.24, 2.45) is 0 Å². The molecule has 17 nitrogen and oxygen atoms in total. The molecule has 0 heterocycles. The Morgan fingerprint density at radius 2 is 0.521 bits per heavy atom. The summed E-state index contributed by atoms with van der Waals surface area (Å²) in [4.78, 5) is 72.7. The molecule has 0 fully saturated rings. The highest BCUT2D eigenvalue weighted by atomic mass is 31.2. The molecular weight excluding hydrogens is 1260 g/mol. The normalized spacial score (nSPS) is 14.3. The highest BCUT2D eigenvalue weighted by Gasteiger charge is 2.30. The monoisotopic (exact) mass is 1400 g/mol. The first-order valence-corrected chi connectivity index (χ1v) is 41.5. The van der Waals surface area contributed by atoms with Crippen molar-refractivity contribution in [3.8, 4) is 0 Å². The van der Waals surface area contributed by atoms with Crippen LogP contribution in [0.4, 0.5) is 0 Å². The summed E-state index contributed by atoms with van der Waals surface area (Å²) in [7, 11) is -9.93. The quantitative estimate of drug-likeness (QED) is 0.0169.